The molecule has 2 atom stereocenters. The van der Waals surface area contributed by atoms with Crippen molar-refractivity contribution in [1.29, 1.82) is 0 Å². The summed E-state index contributed by atoms with van der Waals surface area (Å²) in [7, 11) is 1.52. The van der Waals surface area contributed by atoms with Crippen molar-refractivity contribution in [2.45, 2.75) is 44.9 Å². The Kier molecular flexibility index (Phi) is 10.2. The molecular formula is C33H33N3O6. The summed E-state index contributed by atoms with van der Waals surface area (Å²) in [5.74, 6) is 1.79. The molecule has 9 nitrogen and oxygen atoms in total. The van der Waals surface area contributed by atoms with Gasteiger partial charge in [-0.15, -0.1) is 6.42 Å². The number of amides is 3. The van der Waals surface area contributed by atoms with E-state index in [1.165, 1.54) is 19.2 Å². The summed E-state index contributed by atoms with van der Waals surface area (Å²) < 4.78 is 10.6. The number of terminal acetylenes is 2. The number of nitrogens with one attached hydrogen (secondary N) is 2. The van der Waals surface area contributed by atoms with Crippen molar-refractivity contribution in [3.63, 3.8) is 0 Å². The Bertz CT molecular complexity index is 1490. The van der Waals surface area contributed by atoms with Crippen molar-refractivity contribution in [2.24, 2.45) is 0 Å². The van der Waals surface area contributed by atoms with E-state index in [0.29, 0.717) is 28.1 Å². The van der Waals surface area contributed by atoms with Crippen LogP contribution < -0.4 is 15.4 Å². The number of carbonyl (C=O) groups excluding carboxylic acids is 3. The van der Waals surface area contributed by atoms with E-state index < -0.39 is 35.6 Å². The fourth-order valence-corrected chi connectivity index (χ4v) is 4.10. The Balaban J connectivity index is 2.04. The Morgan fingerprint density at radius 2 is 1.62 bits per heavy atom. The number of carbonyl (C=O) groups is 3. The van der Waals surface area contributed by atoms with Crippen molar-refractivity contribution in [1.82, 2.24) is 10.2 Å². The maximum Gasteiger partial charge on any atom is 0.408 e. The van der Waals surface area contributed by atoms with Crippen molar-refractivity contribution in [3.8, 4) is 36.3 Å². The van der Waals surface area contributed by atoms with Crippen molar-refractivity contribution in [3.05, 3.63) is 89.5 Å². The maximum absolute atomic E-state index is 14.1. The molecule has 3 aromatic carbocycles. The Morgan fingerprint density at radius 3 is 2.19 bits per heavy atom. The third-order valence-corrected chi connectivity index (χ3v) is 6.02. The van der Waals surface area contributed by atoms with E-state index in [4.69, 9.17) is 22.3 Å². The second-order valence-electron chi connectivity index (χ2n) is 10.3. The lowest BCUT2D eigenvalue weighted by Gasteiger charge is -2.31. The number of aromatic hydroxyl groups is 1. The van der Waals surface area contributed by atoms with Gasteiger partial charge in [-0.1, -0.05) is 42.7 Å². The molecule has 0 saturated heterocycles. The second-order valence-corrected chi connectivity index (χ2v) is 10.3. The SMILES string of the molecule is C#Cc1ccccc1C(C(=O)Nc1ccc(OC)cc1)N(C#C)C(=O)C(Cc1ccc(O)cc1)NC(=O)OC(C)(C)C. The Morgan fingerprint density at radius 1 is 0.976 bits per heavy atom. The van der Waals surface area contributed by atoms with Crippen LogP contribution >= 0.6 is 0 Å². The molecule has 3 aromatic rings. The third kappa shape index (κ3) is 8.30. The molecule has 0 spiro atoms. The zero-order valence-corrected chi connectivity index (χ0v) is 23.9. The Labute approximate surface area is 245 Å². The summed E-state index contributed by atoms with van der Waals surface area (Å²) in [5, 5.41) is 15.1. The van der Waals surface area contributed by atoms with Gasteiger partial charge in [0, 0.05) is 29.3 Å². The molecule has 0 aliphatic heterocycles. The van der Waals surface area contributed by atoms with Crippen LogP contribution in [0.25, 0.3) is 0 Å². The zero-order chi connectivity index (χ0) is 30.9. The fourth-order valence-electron chi connectivity index (χ4n) is 4.10. The van der Waals surface area contributed by atoms with Gasteiger partial charge in [0.2, 0.25) is 0 Å². The highest BCUT2D eigenvalue weighted by Gasteiger charge is 2.37. The van der Waals surface area contributed by atoms with E-state index in [9.17, 15) is 19.5 Å². The lowest BCUT2D eigenvalue weighted by atomic mass is 9.97. The molecule has 9 heteroatoms. The molecule has 0 aliphatic rings. The van der Waals surface area contributed by atoms with Crippen LogP contribution in [0.3, 0.4) is 0 Å². The van der Waals surface area contributed by atoms with Gasteiger partial charge in [0.15, 0.2) is 6.04 Å². The fraction of sp³-hybridized carbons (Fsp3) is 0.242. The first-order valence-electron chi connectivity index (χ1n) is 13.0. The minimum Gasteiger partial charge on any atom is -0.508 e. The number of hydrogen-bond acceptors (Lipinski definition) is 6. The van der Waals surface area contributed by atoms with Gasteiger partial charge in [-0.3, -0.25) is 14.5 Å². The summed E-state index contributed by atoms with van der Waals surface area (Å²) >= 11 is 0. The lowest BCUT2D eigenvalue weighted by Crippen LogP contribution is -2.51. The molecule has 3 N–H and O–H groups in total. The van der Waals surface area contributed by atoms with Crippen LogP contribution in [0, 0.1) is 24.8 Å². The number of ether oxygens (including phenoxy) is 2. The van der Waals surface area contributed by atoms with Crippen LogP contribution in [0.1, 0.15) is 43.5 Å². The van der Waals surface area contributed by atoms with Crippen LogP contribution in [-0.2, 0) is 20.7 Å². The maximum atomic E-state index is 14.1. The van der Waals surface area contributed by atoms with Gasteiger partial charge in [0.05, 0.1) is 7.11 Å². The van der Waals surface area contributed by atoms with Crippen molar-refractivity contribution < 1.29 is 29.0 Å². The topological polar surface area (TPSA) is 117 Å². The highest BCUT2D eigenvalue weighted by atomic mass is 16.6. The molecular weight excluding hydrogens is 534 g/mol. The predicted octanol–water partition coefficient (Wildman–Crippen LogP) is 4.62. The molecule has 0 bridgehead atoms. The average Bonchev–Trinajstić information content (AvgIpc) is 2.95. The molecule has 2 unspecified atom stereocenters. The number of benzene rings is 3. The molecule has 0 saturated carbocycles. The van der Waals surface area contributed by atoms with Crippen molar-refractivity contribution in [2.75, 3.05) is 12.4 Å². The van der Waals surface area contributed by atoms with E-state index in [0.717, 1.165) is 4.90 Å². The monoisotopic (exact) mass is 567 g/mol. The van der Waals surface area contributed by atoms with E-state index in [1.807, 2.05) is 0 Å². The standard InChI is InChI=1S/C33H33N3O6/c1-7-23-11-9-10-12-27(23)29(30(38)34-24-15-19-26(41-6)20-16-24)36(8-2)31(39)28(35-32(40)42-33(3,4)5)21-22-13-17-25(37)18-14-22/h1-2,9-20,28-29,37H,21H2,3-6H3,(H,34,38)(H,35,40). The first kappa shape index (κ1) is 31.1. The molecule has 3 amide bonds. The molecule has 0 heterocycles. The largest absolute Gasteiger partial charge is 0.508 e. The lowest BCUT2D eigenvalue weighted by molar-refractivity contribution is -0.136. The molecule has 42 heavy (non-hydrogen) atoms. The van der Waals surface area contributed by atoms with Crippen LogP contribution in [-0.4, -0.2) is 46.7 Å². The molecule has 3 rings (SSSR count). The van der Waals surface area contributed by atoms with Crippen LogP contribution in [0.2, 0.25) is 0 Å². The number of nitrogens with zero attached hydrogens (tertiary/aromatic N) is 1. The number of methoxy groups -OCH3 is 1. The summed E-state index contributed by atoms with van der Waals surface area (Å²) in [6.07, 6.45) is 10.8. The smallest absolute Gasteiger partial charge is 0.408 e. The van der Waals surface area contributed by atoms with Crippen LogP contribution in [0.15, 0.2) is 72.8 Å². The third-order valence-electron chi connectivity index (χ3n) is 6.02. The van der Waals surface area contributed by atoms with Gasteiger partial charge in [-0.05, 0) is 68.8 Å². The Hall–Kier alpha value is -5.41. The van der Waals surface area contributed by atoms with Crippen LogP contribution in [0.4, 0.5) is 10.5 Å². The van der Waals surface area contributed by atoms with E-state index in [-0.39, 0.29) is 12.2 Å². The van der Waals surface area contributed by atoms with Gasteiger partial charge in [0.25, 0.3) is 11.8 Å². The minimum atomic E-state index is -1.36. The van der Waals surface area contributed by atoms with E-state index in [2.05, 4.69) is 22.6 Å². The number of phenols is 1. The first-order chi connectivity index (χ1) is 19.9. The summed E-state index contributed by atoms with van der Waals surface area (Å²) in [6.45, 7) is 5.06. The quantitative estimate of drug-likeness (QED) is 0.257. The summed E-state index contributed by atoms with van der Waals surface area (Å²) in [6, 6.07) is 19.1. The molecule has 0 fully saturated rings. The highest BCUT2D eigenvalue weighted by molar-refractivity contribution is 6.00. The molecule has 0 aromatic heterocycles. The van der Waals surface area contributed by atoms with Crippen LogP contribution in [0.5, 0.6) is 11.5 Å². The molecule has 0 aliphatic carbocycles. The zero-order valence-electron chi connectivity index (χ0n) is 23.9. The van der Waals surface area contributed by atoms with Gasteiger partial charge in [0.1, 0.15) is 23.1 Å². The predicted molar refractivity (Wildman–Crippen MR) is 159 cm³/mol. The molecule has 216 valence electrons. The number of alkyl carbamates (subject to hydrolysis) is 1. The first-order valence-corrected chi connectivity index (χ1v) is 13.0. The normalized spacial score (nSPS) is 12.0. The van der Waals surface area contributed by atoms with E-state index in [1.54, 1.807) is 81.4 Å². The number of hydrogen-bond donors (Lipinski definition) is 3. The molecule has 0 radical (unpaired) electrons. The highest BCUT2D eigenvalue weighted by Crippen LogP contribution is 2.27. The summed E-state index contributed by atoms with van der Waals surface area (Å²) in [5.41, 5.74) is 0.881. The van der Waals surface area contributed by atoms with Gasteiger partial charge in [-0.25, -0.2) is 4.79 Å². The van der Waals surface area contributed by atoms with Gasteiger partial charge in [-0.2, -0.15) is 0 Å². The van der Waals surface area contributed by atoms with Gasteiger partial charge >= 0.3 is 6.09 Å². The minimum absolute atomic E-state index is 0.0137. The summed E-state index contributed by atoms with van der Waals surface area (Å²) in [4.78, 5) is 41.6. The number of rotatable bonds is 9. The number of phenolic OH excluding ortho intramolecular Hbond substituents is 1. The van der Waals surface area contributed by atoms with E-state index >= 15 is 0 Å². The number of anilines is 1. The second kappa shape index (κ2) is 13.8. The average molecular weight is 568 g/mol. The van der Waals surface area contributed by atoms with Crippen molar-refractivity contribution >= 4 is 23.6 Å². The van der Waals surface area contributed by atoms with Gasteiger partial charge < -0.3 is 25.2 Å².